The second-order valence-electron chi connectivity index (χ2n) is 4.76. The Morgan fingerprint density at radius 1 is 1.56 bits per heavy atom. The van der Waals surface area contributed by atoms with Gasteiger partial charge in [-0.25, -0.2) is 0 Å². The summed E-state index contributed by atoms with van der Waals surface area (Å²) < 4.78 is 1.62. The molecule has 1 aliphatic rings. The molecule has 1 aromatic heterocycles. The van der Waals surface area contributed by atoms with E-state index in [2.05, 4.69) is 5.10 Å². The Morgan fingerprint density at radius 2 is 2.28 bits per heavy atom. The van der Waals surface area contributed by atoms with Crippen LogP contribution in [0.4, 0.5) is 0 Å². The Balaban J connectivity index is 0.00000162. The van der Waals surface area contributed by atoms with Crippen molar-refractivity contribution in [1.29, 1.82) is 0 Å². The van der Waals surface area contributed by atoms with E-state index in [0.717, 1.165) is 25.8 Å². The van der Waals surface area contributed by atoms with E-state index in [1.54, 1.807) is 24.0 Å². The standard InChI is InChI=1S/C12H20N4O.ClH/c1-9(13)10-5-3-4-8-16(10)12(17)11-6-7-14-15(11)2;/h6-7,9-10H,3-5,8,13H2,1-2H3;1H. The minimum atomic E-state index is 0. The number of rotatable bonds is 2. The first-order chi connectivity index (χ1) is 8.11. The van der Waals surface area contributed by atoms with Gasteiger partial charge in [-0.1, -0.05) is 0 Å². The summed E-state index contributed by atoms with van der Waals surface area (Å²) in [7, 11) is 1.79. The number of aryl methyl sites for hydroxylation is 1. The number of nitrogens with zero attached hydrogens (tertiary/aromatic N) is 3. The zero-order valence-electron chi connectivity index (χ0n) is 10.9. The zero-order chi connectivity index (χ0) is 12.4. The van der Waals surface area contributed by atoms with Gasteiger partial charge in [0, 0.05) is 31.9 Å². The molecule has 0 radical (unpaired) electrons. The molecule has 0 spiro atoms. The largest absolute Gasteiger partial charge is 0.333 e. The monoisotopic (exact) mass is 272 g/mol. The van der Waals surface area contributed by atoms with E-state index in [0.29, 0.717) is 5.69 Å². The van der Waals surface area contributed by atoms with Gasteiger partial charge in [0.2, 0.25) is 0 Å². The minimum absolute atomic E-state index is 0. The Morgan fingerprint density at radius 3 is 2.83 bits per heavy atom. The number of nitrogens with two attached hydrogens (primary N) is 1. The molecule has 6 heteroatoms. The third kappa shape index (κ3) is 2.84. The average molecular weight is 273 g/mol. The number of amides is 1. The quantitative estimate of drug-likeness (QED) is 0.879. The van der Waals surface area contributed by atoms with E-state index in [9.17, 15) is 4.79 Å². The van der Waals surface area contributed by atoms with E-state index < -0.39 is 0 Å². The molecule has 1 fully saturated rings. The number of halogens is 1. The number of likely N-dealkylation sites (tertiary alicyclic amines) is 1. The van der Waals surface area contributed by atoms with Crippen LogP contribution in [0, 0.1) is 0 Å². The molecule has 0 aromatic carbocycles. The van der Waals surface area contributed by atoms with Gasteiger partial charge in [0.05, 0.1) is 0 Å². The molecule has 0 saturated carbocycles. The lowest BCUT2D eigenvalue weighted by Crippen LogP contribution is -2.52. The first-order valence-electron chi connectivity index (χ1n) is 6.16. The molecule has 102 valence electrons. The molecule has 1 saturated heterocycles. The van der Waals surface area contributed by atoms with Crippen LogP contribution in [0.15, 0.2) is 12.3 Å². The summed E-state index contributed by atoms with van der Waals surface area (Å²) in [6.45, 7) is 2.77. The first kappa shape index (κ1) is 15.0. The fourth-order valence-corrected chi connectivity index (χ4v) is 2.49. The molecule has 2 rings (SSSR count). The van der Waals surface area contributed by atoms with Crippen LogP contribution in [-0.2, 0) is 7.05 Å². The van der Waals surface area contributed by atoms with Crippen LogP contribution in [0.1, 0.15) is 36.7 Å². The molecule has 1 aromatic rings. The molecular formula is C12H21ClN4O. The Labute approximate surface area is 114 Å². The van der Waals surface area contributed by atoms with Crippen LogP contribution >= 0.6 is 12.4 Å². The summed E-state index contributed by atoms with van der Waals surface area (Å²) in [5, 5.41) is 4.04. The van der Waals surface area contributed by atoms with Gasteiger partial charge in [-0.15, -0.1) is 12.4 Å². The number of piperidine rings is 1. The van der Waals surface area contributed by atoms with Gasteiger partial charge in [0.1, 0.15) is 5.69 Å². The molecule has 0 aliphatic carbocycles. The average Bonchev–Trinajstić information content (AvgIpc) is 2.74. The number of aromatic nitrogens is 2. The molecule has 5 nitrogen and oxygen atoms in total. The van der Waals surface area contributed by atoms with Crippen molar-refractivity contribution in [3.63, 3.8) is 0 Å². The normalized spacial score (nSPS) is 21.3. The highest BCUT2D eigenvalue weighted by atomic mass is 35.5. The molecule has 18 heavy (non-hydrogen) atoms. The highest BCUT2D eigenvalue weighted by Crippen LogP contribution is 2.21. The van der Waals surface area contributed by atoms with Crippen molar-refractivity contribution in [2.45, 2.75) is 38.3 Å². The van der Waals surface area contributed by atoms with Gasteiger partial charge < -0.3 is 10.6 Å². The van der Waals surface area contributed by atoms with E-state index in [1.807, 2.05) is 11.8 Å². The third-order valence-corrected chi connectivity index (χ3v) is 3.46. The van der Waals surface area contributed by atoms with Crippen molar-refractivity contribution >= 4 is 18.3 Å². The number of hydrogen-bond acceptors (Lipinski definition) is 3. The molecule has 2 unspecified atom stereocenters. The summed E-state index contributed by atoms with van der Waals surface area (Å²) in [4.78, 5) is 14.3. The summed E-state index contributed by atoms with van der Waals surface area (Å²) in [5.74, 6) is 0.0481. The second kappa shape index (κ2) is 6.20. The van der Waals surface area contributed by atoms with Crippen LogP contribution in [0.2, 0.25) is 0 Å². The van der Waals surface area contributed by atoms with Crippen molar-refractivity contribution < 1.29 is 4.79 Å². The summed E-state index contributed by atoms with van der Waals surface area (Å²) >= 11 is 0. The van der Waals surface area contributed by atoms with Gasteiger partial charge in [-0.3, -0.25) is 9.48 Å². The smallest absolute Gasteiger partial charge is 0.272 e. The summed E-state index contributed by atoms with van der Waals surface area (Å²) in [6, 6.07) is 1.94. The minimum Gasteiger partial charge on any atom is -0.333 e. The Hall–Kier alpha value is -1.07. The molecule has 2 N–H and O–H groups in total. The van der Waals surface area contributed by atoms with Gasteiger partial charge in [-0.05, 0) is 32.3 Å². The molecular weight excluding hydrogens is 252 g/mol. The topological polar surface area (TPSA) is 64.2 Å². The van der Waals surface area contributed by atoms with Crippen molar-refractivity contribution in [1.82, 2.24) is 14.7 Å². The maximum atomic E-state index is 12.4. The fourth-order valence-electron chi connectivity index (χ4n) is 2.49. The predicted octanol–water partition coefficient (Wildman–Crippen LogP) is 1.18. The van der Waals surface area contributed by atoms with Crippen LogP contribution in [0.5, 0.6) is 0 Å². The maximum absolute atomic E-state index is 12.4. The highest BCUT2D eigenvalue weighted by molar-refractivity contribution is 5.92. The van der Waals surface area contributed by atoms with E-state index in [4.69, 9.17) is 5.73 Å². The van der Waals surface area contributed by atoms with E-state index in [1.165, 1.54) is 0 Å². The van der Waals surface area contributed by atoms with Crippen molar-refractivity contribution in [2.24, 2.45) is 12.8 Å². The highest BCUT2D eigenvalue weighted by Gasteiger charge is 2.30. The van der Waals surface area contributed by atoms with E-state index >= 15 is 0 Å². The van der Waals surface area contributed by atoms with Crippen LogP contribution in [0.3, 0.4) is 0 Å². The molecule has 1 amide bonds. The lowest BCUT2D eigenvalue weighted by Gasteiger charge is -2.37. The van der Waals surface area contributed by atoms with Crippen LogP contribution < -0.4 is 5.73 Å². The van der Waals surface area contributed by atoms with Crippen LogP contribution in [-0.4, -0.2) is 39.2 Å². The molecule has 1 aliphatic heterocycles. The summed E-state index contributed by atoms with van der Waals surface area (Å²) in [6.07, 6.45) is 4.87. The maximum Gasteiger partial charge on any atom is 0.272 e. The molecule has 2 atom stereocenters. The number of carbonyl (C=O) groups is 1. The number of carbonyl (C=O) groups excluding carboxylic acids is 1. The second-order valence-corrected chi connectivity index (χ2v) is 4.76. The lowest BCUT2D eigenvalue weighted by molar-refractivity contribution is 0.0572. The predicted molar refractivity (Wildman–Crippen MR) is 72.8 cm³/mol. The Bertz CT molecular complexity index is 405. The number of hydrogen-bond donors (Lipinski definition) is 1. The Kier molecular flexibility index (Phi) is 5.16. The van der Waals surface area contributed by atoms with Gasteiger partial charge >= 0.3 is 0 Å². The van der Waals surface area contributed by atoms with Gasteiger partial charge in [0.25, 0.3) is 5.91 Å². The fraction of sp³-hybridized carbons (Fsp3) is 0.667. The van der Waals surface area contributed by atoms with Crippen molar-refractivity contribution in [3.8, 4) is 0 Å². The molecule has 0 bridgehead atoms. The van der Waals surface area contributed by atoms with E-state index in [-0.39, 0.29) is 30.4 Å². The summed E-state index contributed by atoms with van der Waals surface area (Å²) in [5.41, 5.74) is 6.61. The van der Waals surface area contributed by atoms with Crippen molar-refractivity contribution in [2.75, 3.05) is 6.54 Å². The first-order valence-corrected chi connectivity index (χ1v) is 6.16. The zero-order valence-corrected chi connectivity index (χ0v) is 11.7. The molecule has 2 heterocycles. The lowest BCUT2D eigenvalue weighted by atomic mass is 9.96. The van der Waals surface area contributed by atoms with Gasteiger partial charge in [-0.2, -0.15) is 5.10 Å². The van der Waals surface area contributed by atoms with Crippen molar-refractivity contribution in [3.05, 3.63) is 18.0 Å². The van der Waals surface area contributed by atoms with Crippen LogP contribution in [0.25, 0.3) is 0 Å². The third-order valence-electron chi connectivity index (χ3n) is 3.46. The SMILES string of the molecule is CC(N)C1CCCCN1C(=O)c1ccnn1C.Cl. The van der Waals surface area contributed by atoms with Gasteiger partial charge in [0.15, 0.2) is 0 Å².